The van der Waals surface area contributed by atoms with Gasteiger partial charge in [0.05, 0.1) is 0 Å². The summed E-state index contributed by atoms with van der Waals surface area (Å²) >= 11 is 0. The number of allylic oxidation sites excluding steroid dienone is 2. The van der Waals surface area contributed by atoms with Gasteiger partial charge in [-0.05, 0) is 125 Å². The molecule has 7 atom stereocenters. The van der Waals surface area contributed by atoms with Crippen LogP contribution in [0.25, 0.3) is 0 Å². The monoisotopic (exact) mass is 355 g/mol. The highest BCUT2D eigenvalue weighted by Crippen LogP contribution is 2.67. The van der Waals surface area contributed by atoms with Crippen molar-refractivity contribution in [3.8, 4) is 0 Å². The molecular formula is C25H41N. The van der Waals surface area contributed by atoms with Crippen LogP contribution in [-0.2, 0) is 0 Å². The molecule has 0 bridgehead atoms. The lowest BCUT2D eigenvalue weighted by atomic mass is 9.45. The quantitative estimate of drug-likeness (QED) is 0.489. The van der Waals surface area contributed by atoms with E-state index in [0.717, 1.165) is 29.7 Å². The lowest BCUT2D eigenvalue weighted by molar-refractivity contribution is -0.109. The summed E-state index contributed by atoms with van der Waals surface area (Å²) in [6.45, 7) is 10.5. The molecule has 0 aromatic carbocycles. The molecule has 5 fully saturated rings. The number of hydrogen-bond donors (Lipinski definition) is 0. The Morgan fingerprint density at radius 3 is 2.50 bits per heavy atom. The van der Waals surface area contributed by atoms with E-state index in [4.69, 9.17) is 0 Å². The third kappa shape index (κ3) is 2.44. The van der Waals surface area contributed by atoms with Gasteiger partial charge in [0.1, 0.15) is 0 Å². The number of rotatable bonds is 1. The van der Waals surface area contributed by atoms with E-state index in [1.165, 1.54) is 70.9 Å². The fraction of sp³-hybridized carbons (Fsp3) is 0.920. The molecule has 1 aliphatic heterocycles. The Balaban J connectivity index is 1.36. The first-order chi connectivity index (χ1) is 12.6. The summed E-state index contributed by atoms with van der Waals surface area (Å²) in [6, 6.07) is 0.932. The highest BCUT2D eigenvalue weighted by molar-refractivity contribution is 5.23. The molecule has 1 unspecified atom stereocenters. The summed E-state index contributed by atoms with van der Waals surface area (Å²) in [5.41, 5.74) is 3.04. The molecule has 0 radical (unpaired) electrons. The zero-order valence-electron chi connectivity index (χ0n) is 17.6. The average molecular weight is 356 g/mol. The molecule has 0 N–H and O–H groups in total. The van der Waals surface area contributed by atoms with Gasteiger partial charge in [-0.2, -0.15) is 0 Å². The van der Waals surface area contributed by atoms with Crippen LogP contribution < -0.4 is 0 Å². The second kappa shape index (κ2) is 6.36. The predicted octanol–water partition coefficient (Wildman–Crippen LogP) is 6.44. The molecule has 1 heterocycles. The van der Waals surface area contributed by atoms with Crippen LogP contribution in [0.5, 0.6) is 0 Å². The summed E-state index contributed by atoms with van der Waals surface area (Å²) < 4.78 is 0. The number of fused-ring (bicyclic) bond motifs is 5. The van der Waals surface area contributed by atoms with Crippen LogP contribution in [0.2, 0.25) is 0 Å². The third-order valence-electron chi connectivity index (χ3n) is 10.5. The molecule has 0 spiro atoms. The van der Waals surface area contributed by atoms with Gasteiger partial charge in [-0.1, -0.05) is 25.5 Å². The van der Waals surface area contributed by atoms with Crippen LogP contribution in [0.1, 0.15) is 91.4 Å². The summed E-state index contributed by atoms with van der Waals surface area (Å²) in [6.07, 6.45) is 18.9. The van der Waals surface area contributed by atoms with E-state index in [0.29, 0.717) is 10.8 Å². The molecule has 1 saturated heterocycles. The lowest BCUT2D eigenvalue weighted by Crippen LogP contribution is -2.54. The molecule has 146 valence electrons. The molecule has 0 amide bonds. The van der Waals surface area contributed by atoms with Crippen LogP contribution in [0.15, 0.2) is 11.6 Å². The minimum absolute atomic E-state index is 0.561. The summed E-state index contributed by atoms with van der Waals surface area (Å²) in [5, 5.41) is 0. The van der Waals surface area contributed by atoms with Gasteiger partial charge >= 0.3 is 0 Å². The molecule has 4 saturated carbocycles. The van der Waals surface area contributed by atoms with Gasteiger partial charge in [0.25, 0.3) is 0 Å². The molecule has 1 heteroatoms. The molecular weight excluding hydrogens is 314 g/mol. The summed E-state index contributed by atoms with van der Waals surface area (Å²) in [5.74, 6) is 4.10. The van der Waals surface area contributed by atoms with Gasteiger partial charge in [-0.15, -0.1) is 0 Å². The van der Waals surface area contributed by atoms with E-state index in [1.807, 2.05) is 5.57 Å². The normalized spacial score (nSPS) is 53.3. The molecule has 26 heavy (non-hydrogen) atoms. The zero-order valence-corrected chi connectivity index (χ0v) is 17.6. The Kier molecular flexibility index (Phi) is 4.35. The van der Waals surface area contributed by atoms with E-state index in [2.05, 4.69) is 31.7 Å². The number of hydrogen-bond acceptors (Lipinski definition) is 1. The topological polar surface area (TPSA) is 3.24 Å². The van der Waals surface area contributed by atoms with Crippen molar-refractivity contribution in [2.45, 2.75) is 97.4 Å². The van der Waals surface area contributed by atoms with E-state index >= 15 is 0 Å². The average Bonchev–Trinajstić information content (AvgIpc) is 3.28. The Morgan fingerprint density at radius 1 is 0.923 bits per heavy atom. The minimum Gasteiger partial charge on any atom is -0.300 e. The largest absolute Gasteiger partial charge is 0.300 e. The Bertz CT molecular complexity index is 573. The van der Waals surface area contributed by atoms with E-state index < -0.39 is 0 Å². The van der Waals surface area contributed by atoms with Crippen molar-refractivity contribution in [1.29, 1.82) is 0 Å². The Labute approximate surface area is 162 Å². The first kappa shape index (κ1) is 17.8. The van der Waals surface area contributed by atoms with Crippen molar-refractivity contribution in [3.63, 3.8) is 0 Å². The smallest absolute Gasteiger partial charge is 0.00983 e. The van der Waals surface area contributed by atoms with Crippen molar-refractivity contribution in [3.05, 3.63) is 11.6 Å². The fourth-order valence-corrected chi connectivity index (χ4v) is 9.00. The highest BCUT2D eigenvalue weighted by Gasteiger charge is 2.59. The lowest BCUT2D eigenvalue weighted by Gasteiger charge is -2.61. The second-order valence-electron chi connectivity index (χ2n) is 11.1. The first-order valence-electron chi connectivity index (χ1n) is 12.0. The zero-order chi connectivity index (χ0) is 17.9. The van der Waals surface area contributed by atoms with Crippen LogP contribution in [0.3, 0.4) is 0 Å². The number of nitrogens with zero attached hydrogens (tertiary/aromatic N) is 1. The van der Waals surface area contributed by atoms with Crippen LogP contribution >= 0.6 is 0 Å². The maximum Gasteiger partial charge on any atom is 0.00983 e. The highest BCUT2D eigenvalue weighted by atomic mass is 15.2. The van der Waals surface area contributed by atoms with E-state index in [9.17, 15) is 0 Å². The summed E-state index contributed by atoms with van der Waals surface area (Å²) in [7, 11) is 0. The second-order valence-corrected chi connectivity index (χ2v) is 11.1. The van der Waals surface area contributed by atoms with Crippen molar-refractivity contribution >= 4 is 0 Å². The first-order valence-corrected chi connectivity index (χ1v) is 12.0. The Morgan fingerprint density at radius 2 is 1.73 bits per heavy atom. The molecule has 4 aliphatic carbocycles. The van der Waals surface area contributed by atoms with Gasteiger partial charge in [0.15, 0.2) is 0 Å². The third-order valence-corrected chi connectivity index (χ3v) is 10.5. The standard InChI is InChI=1S/C25H41N/c1-4-18-8-10-22-21-9-7-19-17-20(26-15-5-6-16-26)11-13-25(19,3)23(21)12-14-24(18,22)2/h4,19-23H,5-17H2,1-3H3/b18-4-/t19?,20-,21-,22-,23-,24+,25-/m0/s1. The van der Waals surface area contributed by atoms with E-state index in [1.54, 1.807) is 12.8 Å². The molecule has 5 aliphatic rings. The van der Waals surface area contributed by atoms with Gasteiger partial charge < -0.3 is 4.90 Å². The fourth-order valence-electron chi connectivity index (χ4n) is 9.00. The van der Waals surface area contributed by atoms with Crippen molar-refractivity contribution in [2.75, 3.05) is 13.1 Å². The van der Waals surface area contributed by atoms with Gasteiger partial charge in [-0.3, -0.25) is 0 Å². The maximum absolute atomic E-state index is 2.86. The maximum atomic E-state index is 2.86. The summed E-state index contributed by atoms with van der Waals surface area (Å²) in [4.78, 5) is 2.86. The van der Waals surface area contributed by atoms with Crippen LogP contribution in [0, 0.1) is 34.5 Å². The molecule has 0 aromatic heterocycles. The molecule has 5 rings (SSSR count). The van der Waals surface area contributed by atoms with Crippen LogP contribution in [-0.4, -0.2) is 24.0 Å². The minimum atomic E-state index is 0.561. The van der Waals surface area contributed by atoms with Gasteiger partial charge in [0.2, 0.25) is 0 Å². The van der Waals surface area contributed by atoms with Crippen molar-refractivity contribution in [2.24, 2.45) is 34.5 Å². The molecule has 0 aromatic rings. The van der Waals surface area contributed by atoms with Crippen molar-refractivity contribution in [1.82, 2.24) is 4.90 Å². The molecule has 1 nitrogen and oxygen atoms in total. The SMILES string of the molecule is C/C=C1/CC[C@H]2[C@@H]3CCC4C[C@@H](N5CCCC5)CC[C@]4(C)[C@H]3CC[C@]12C. The van der Waals surface area contributed by atoms with E-state index in [-0.39, 0.29) is 0 Å². The van der Waals surface area contributed by atoms with Gasteiger partial charge in [0, 0.05) is 6.04 Å². The Hall–Kier alpha value is -0.300. The number of likely N-dealkylation sites (tertiary alicyclic amines) is 1. The van der Waals surface area contributed by atoms with Gasteiger partial charge in [-0.25, -0.2) is 0 Å². The van der Waals surface area contributed by atoms with Crippen LogP contribution in [0.4, 0.5) is 0 Å². The predicted molar refractivity (Wildman–Crippen MR) is 110 cm³/mol. The van der Waals surface area contributed by atoms with Crippen molar-refractivity contribution < 1.29 is 0 Å².